The largest absolute Gasteiger partial charge is 0.376 e. The van der Waals surface area contributed by atoms with Gasteiger partial charge in [-0.2, -0.15) is 0 Å². The van der Waals surface area contributed by atoms with Gasteiger partial charge in [-0.1, -0.05) is 50.0 Å². The van der Waals surface area contributed by atoms with Crippen molar-refractivity contribution in [1.29, 1.82) is 0 Å². The molecule has 2 nitrogen and oxygen atoms in total. The van der Waals surface area contributed by atoms with Crippen molar-refractivity contribution >= 4 is 23.2 Å². The van der Waals surface area contributed by atoms with Crippen LogP contribution in [0.25, 0.3) is 0 Å². The molecule has 108 valence electrons. The zero-order valence-electron chi connectivity index (χ0n) is 12.3. The molecular weight excluding hydrogens is 281 g/mol. The summed E-state index contributed by atoms with van der Waals surface area (Å²) in [6, 6.07) is 5.81. The number of ether oxygens (including phenoxy) is 1. The molecule has 0 saturated carbocycles. The van der Waals surface area contributed by atoms with E-state index in [0.717, 1.165) is 5.56 Å². The number of rotatable bonds is 5. The minimum Gasteiger partial charge on any atom is -0.376 e. The Bertz CT molecular complexity index is 415. The zero-order valence-corrected chi connectivity index (χ0v) is 13.8. The highest BCUT2D eigenvalue weighted by molar-refractivity contribution is 6.42. The number of nitrogens with one attached hydrogen (secondary N) is 1. The van der Waals surface area contributed by atoms with Crippen molar-refractivity contribution in [3.05, 3.63) is 33.8 Å². The second-order valence-electron chi connectivity index (χ2n) is 5.68. The second-order valence-corrected chi connectivity index (χ2v) is 6.50. The molecule has 0 aliphatic rings. The van der Waals surface area contributed by atoms with Crippen LogP contribution >= 0.6 is 23.2 Å². The fourth-order valence-corrected chi connectivity index (χ4v) is 2.53. The molecule has 0 aromatic heterocycles. The van der Waals surface area contributed by atoms with Crippen molar-refractivity contribution in [2.75, 3.05) is 13.7 Å². The lowest BCUT2D eigenvalue weighted by molar-refractivity contribution is -0.0350. The summed E-state index contributed by atoms with van der Waals surface area (Å²) in [7, 11) is 1.94. The number of halogens is 2. The van der Waals surface area contributed by atoms with Gasteiger partial charge in [-0.3, -0.25) is 0 Å². The highest BCUT2D eigenvalue weighted by Gasteiger charge is 2.33. The smallest absolute Gasteiger partial charge is 0.0817 e. The summed E-state index contributed by atoms with van der Waals surface area (Å²) in [5.41, 5.74) is 1.11. The van der Waals surface area contributed by atoms with Gasteiger partial charge >= 0.3 is 0 Å². The Morgan fingerprint density at radius 2 is 1.84 bits per heavy atom. The van der Waals surface area contributed by atoms with Gasteiger partial charge < -0.3 is 10.1 Å². The molecule has 0 heterocycles. The summed E-state index contributed by atoms with van der Waals surface area (Å²) in [5.74, 6) is 0. The molecule has 0 saturated heterocycles. The van der Waals surface area contributed by atoms with E-state index in [1.54, 1.807) is 0 Å². The Balaban J connectivity index is 3.12. The molecule has 19 heavy (non-hydrogen) atoms. The zero-order chi connectivity index (χ0) is 14.6. The molecule has 0 spiro atoms. The minimum absolute atomic E-state index is 0.0236. The van der Waals surface area contributed by atoms with Crippen molar-refractivity contribution in [3.63, 3.8) is 0 Å². The predicted octanol–water partition coefficient (Wildman–Crippen LogP) is 4.71. The van der Waals surface area contributed by atoms with E-state index < -0.39 is 0 Å². The van der Waals surface area contributed by atoms with Gasteiger partial charge in [0.2, 0.25) is 0 Å². The van der Waals surface area contributed by atoms with Crippen LogP contribution in [0, 0.1) is 5.41 Å². The SMILES string of the molecule is CCOC(C(NC)c1ccc(Cl)c(Cl)c1)C(C)(C)C. The number of benzene rings is 1. The molecule has 0 aliphatic carbocycles. The molecule has 2 unspecified atom stereocenters. The summed E-state index contributed by atoms with van der Waals surface area (Å²) in [5, 5.41) is 4.48. The van der Waals surface area contributed by atoms with Gasteiger partial charge in [0.05, 0.1) is 22.2 Å². The monoisotopic (exact) mass is 303 g/mol. The van der Waals surface area contributed by atoms with Crippen molar-refractivity contribution in [2.45, 2.75) is 39.8 Å². The summed E-state index contributed by atoms with van der Waals surface area (Å²) in [6.07, 6.45) is 0.0553. The molecule has 0 radical (unpaired) electrons. The van der Waals surface area contributed by atoms with E-state index in [2.05, 4.69) is 26.1 Å². The van der Waals surface area contributed by atoms with E-state index in [-0.39, 0.29) is 17.6 Å². The molecular formula is C15H23Cl2NO. The van der Waals surface area contributed by atoms with E-state index >= 15 is 0 Å². The van der Waals surface area contributed by atoms with Crippen molar-refractivity contribution in [3.8, 4) is 0 Å². The summed E-state index contributed by atoms with van der Waals surface area (Å²) in [4.78, 5) is 0. The fourth-order valence-electron chi connectivity index (χ4n) is 2.22. The van der Waals surface area contributed by atoms with Crippen LogP contribution in [-0.4, -0.2) is 19.8 Å². The lowest BCUT2D eigenvalue weighted by Gasteiger charge is -2.37. The molecule has 0 fully saturated rings. The summed E-state index contributed by atoms with van der Waals surface area (Å²) in [6.45, 7) is 9.22. The molecule has 4 heteroatoms. The van der Waals surface area contributed by atoms with Crippen LogP contribution in [0.1, 0.15) is 39.3 Å². The van der Waals surface area contributed by atoms with E-state index in [1.165, 1.54) is 0 Å². The Labute approximate surface area is 126 Å². The Hall–Kier alpha value is -0.280. The van der Waals surface area contributed by atoms with Gasteiger partial charge in [-0.25, -0.2) is 0 Å². The van der Waals surface area contributed by atoms with Crippen LogP contribution in [0.2, 0.25) is 10.0 Å². The van der Waals surface area contributed by atoms with Gasteiger partial charge in [-0.15, -0.1) is 0 Å². The molecule has 0 bridgehead atoms. The maximum Gasteiger partial charge on any atom is 0.0817 e. The quantitative estimate of drug-likeness (QED) is 0.851. The lowest BCUT2D eigenvalue weighted by atomic mass is 9.82. The number of hydrogen-bond donors (Lipinski definition) is 1. The maximum atomic E-state index is 6.11. The highest BCUT2D eigenvalue weighted by Crippen LogP contribution is 2.34. The predicted molar refractivity (Wildman–Crippen MR) is 83.1 cm³/mol. The van der Waals surface area contributed by atoms with E-state index in [1.807, 2.05) is 32.2 Å². The van der Waals surface area contributed by atoms with Gasteiger partial charge in [0.1, 0.15) is 0 Å². The van der Waals surface area contributed by atoms with Crippen LogP contribution in [-0.2, 0) is 4.74 Å². The molecule has 2 atom stereocenters. The van der Waals surface area contributed by atoms with Crippen molar-refractivity contribution in [1.82, 2.24) is 5.32 Å². The topological polar surface area (TPSA) is 21.3 Å². The molecule has 1 aromatic rings. The lowest BCUT2D eigenvalue weighted by Crippen LogP contribution is -2.41. The van der Waals surface area contributed by atoms with E-state index in [0.29, 0.717) is 16.7 Å². The van der Waals surface area contributed by atoms with Gasteiger partial charge in [0.25, 0.3) is 0 Å². The molecule has 1 aromatic carbocycles. The first kappa shape index (κ1) is 16.8. The molecule has 0 aliphatic heterocycles. The Morgan fingerprint density at radius 1 is 1.21 bits per heavy atom. The van der Waals surface area contributed by atoms with Crippen LogP contribution in [0.4, 0.5) is 0 Å². The second kappa shape index (κ2) is 6.94. The normalized spacial score (nSPS) is 15.3. The Kier molecular flexibility index (Phi) is 6.13. The first-order valence-electron chi connectivity index (χ1n) is 6.55. The van der Waals surface area contributed by atoms with Crippen LogP contribution in [0.5, 0.6) is 0 Å². The molecule has 0 amide bonds. The van der Waals surface area contributed by atoms with E-state index in [9.17, 15) is 0 Å². The van der Waals surface area contributed by atoms with Crippen molar-refractivity contribution in [2.24, 2.45) is 5.41 Å². The number of likely N-dealkylation sites (N-methyl/N-ethyl adjacent to an activating group) is 1. The standard InChI is InChI=1S/C15H23Cl2NO/c1-6-19-14(15(2,3)4)13(18-5)10-7-8-11(16)12(17)9-10/h7-9,13-14,18H,6H2,1-5H3. The average molecular weight is 304 g/mol. The first-order valence-corrected chi connectivity index (χ1v) is 7.30. The van der Waals surface area contributed by atoms with Gasteiger partial charge in [0, 0.05) is 6.61 Å². The van der Waals surface area contributed by atoms with Crippen LogP contribution in [0.3, 0.4) is 0 Å². The first-order chi connectivity index (χ1) is 8.81. The minimum atomic E-state index is 0.0236. The number of hydrogen-bond acceptors (Lipinski definition) is 2. The molecule has 1 rings (SSSR count). The highest BCUT2D eigenvalue weighted by atomic mass is 35.5. The average Bonchev–Trinajstić information content (AvgIpc) is 2.32. The van der Waals surface area contributed by atoms with Gasteiger partial charge in [0.15, 0.2) is 0 Å². The molecule has 1 N–H and O–H groups in total. The maximum absolute atomic E-state index is 6.11. The van der Waals surface area contributed by atoms with E-state index in [4.69, 9.17) is 27.9 Å². The fraction of sp³-hybridized carbons (Fsp3) is 0.600. The van der Waals surface area contributed by atoms with Crippen LogP contribution in [0.15, 0.2) is 18.2 Å². The summed E-state index contributed by atoms with van der Waals surface area (Å²) >= 11 is 12.1. The van der Waals surface area contributed by atoms with Gasteiger partial charge in [-0.05, 0) is 37.1 Å². The third-order valence-corrected chi connectivity index (χ3v) is 3.86. The Morgan fingerprint density at radius 3 is 2.26 bits per heavy atom. The third kappa shape index (κ3) is 4.35. The summed E-state index contributed by atoms with van der Waals surface area (Å²) < 4.78 is 5.95. The van der Waals surface area contributed by atoms with Crippen LogP contribution < -0.4 is 5.32 Å². The van der Waals surface area contributed by atoms with Crippen molar-refractivity contribution < 1.29 is 4.74 Å². The third-order valence-electron chi connectivity index (χ3n) is 3.12.